The zero-order valence-corrected chi connectivity index (χ0v) is 13.1. The Morgan fingerprint density at radius 2 is 2.11 bits per heavy atom. The van der Waals surface area contributed by atoms with Gasteiger partial charge in [0.25, 0.3) is 0 Å². The van der Waals surface area contributed by atoms with E-state index >= 15 is 0 Å². The predicted octanol–water partition coefficient (Wildman–Crippen LogP) is 5.64. The number of halogens is 4. The quantitative estimate of drug-likeness (QED) is 0.636. The summed E-state index contributed by atoms with van der Waals surface area (Å²) in [6.45, 7) is 0. The van der Waals surface area contributed by atoms with Gasteiger partial charge in [0.2, 0.25) is 0 Å². The second-order valence-electron chi connectivity index (χ2n) is 3.51. The summed E-state index contributed by atoms with van der Waals surface area (Å²) in [7, 11) is 1.48. The Morgan fingerprint density at radius 3 is 2.67 bits per heavy atom. The number of rotatable bonds is 3. The number of hydrogen-bond acceptors (Lipinski definition) is 2. The van der Waals surface area contributed by atoms with E-state index in [2.05, 4.69) is 15.9 Å². The summed E-state index contributed by atoms with van der Waals surface area (Å²) in [4.78, 5) is 0.887. The SMILES string of the molecule is COc1cc(F)c(Br)cc1C(Cl)c1ccc(Cl)s1. The van der Waals surface area contributed by atoms with E-state index in [9.17, 15) is 4.39 Å². The molecule has 0 fully saturated rings. The Labute approximate surface area is 127 Å². The van der Waals surface area contributed by atoms with Crippen LogP contribution in [0, 0.1) is 5.82 Å². The second-order valence-corrected chi connectivity index (χ2v) is 6.55. The second kappa shape index (κ2) is 5.78. The van der Waals surface area contributed by atoms with E-state index in [1.165, 1.54) is 24.5 Å². The molecule has 0 aliphatic heterocycles. The number of benzene rings is 1. The van der Waals surface area contributed by atoms with E-state index in [-0.39, 0.29) is 5.82 Å². The molecule has 0 saturated carbocycles. The van der Waals surface area contributed by atoms with Crippen LogP contribution in [-0.2, 0) is 0 Å². The largest absolute Gasteiger partial charge is 0.496 e. The monoisotopic (exact) mass is 368 g/mol. The first-order valence-electron chi connectivity index (χ1n) is 4.95. The van der Waals surface area contributed by atoms with Gasteiger partial charge in [0.15, 0.2) is 0 Å². The zero-order chi connectivity index (χ0) is 13.3. The molecule has 1 aromatic heterocycles. The molecule has 0 spiro atoms. The van der Waals surface area contributed by atoms with Crippen LogP contribution in [0.25, 0.3) is 0 Å². The number of ether oxygens (including phenoxy) is 1. The molecule has 18 heavy (non-hydrogen) atoms. The van der Waals surface area contributed by atoms with E-state index in [4.69, 9.17) is 27.9 Å². The molecule has 1 unspecified atom stereocenters. The molecule has 0 amide bonds. The lowest BCUT2D eigenvalue weighted by Crippen LogP contribution is -1.97. The van der Waals surface area contributed by atoms with Crippen LogP contribution in [0.4, 0.5) is 4.39 Å². The van der Waals surface area contributed by atoms with Crippen LogP contribution in [0.1, 0.15) is 15.8 Å². The molecule has 96 valence electrons. The molecule has 2 aromatic rings. The minimum absolute atomic E-state index is 0.353. The van der Waals surface area contributed by atoms with Gasteiger partial charge in [0.05, 0.1) is 21.3 Å². The summed E-state index contributed by atoms with van der Waals surface area (Å²) < 4.78 is 19.6. The normalized spacial score (nSPS) is 12.5. The van der Waals surface area contributed by atoms with Gasteiger partial charge in [-0.15, -0.1) is 22.9 Å². The molecule has 1 heterocycles. The minimum atomic E-state index is -0.422. The highest BCUT2D eigenvalue weighted by Crippen LogP contribution is 2.41. The maximum atomic E-state index is 13.4. The Kier molecular flexibility index (Phi) is 4.54. The molecule has 1 aromatic carbocycles. The van der Waals surface area contributed by atoms with Crippen LogP contribution in [0.5, 0.6) is 5.75 Å². The minimum Gasteiger partial charge on any atom is -0.496 e. The first-order chi connectivity index (χ1) is 8.52. The van der Waals surface area contributed by atoms with Gasteiger partial charge in [0, 0.05) is 16.5 Å². The average molecular weight is 370 g/mol. The highest BCUT2D eigenvalue weighted by molar-refractivity contribution is 9.10. The predicted molar refractivity (Wildman–Crippen MR) is 77.7 cm³/mol. The van der Waals surface area contributed by atoms with Crippen LogP contribution >= 0.6 is 50.5 Å². The highest BCUT2D eigenvalue weighted by Gasteiger charge is 2.19. The van der Waals surface area contributed by atoms with Crippen LogP contribution in [0.2, 0.25) is 4.34 Å². The van der Waals surface area contributed by atoms with Crippen molar-refractivity contribution >= 4 is 50.5 Å². The Hall–Kier alpha value is -0.290. The van der Waals surface area contributed by atoms with Crippen molar-refractivity contribution in [1.82, 2.24) is 0 Å². The average Bonchev–Trinajstić information content (AvgIpc) is 2.78. The molecule has 0 N–H and O–H groups in total. The Bertz CT molecular complexity index is 573. The lowest BCUT2D eigenvalue weighted by molar-refractivity contribution is 0.406. The van der Waals surface area contributed by atoms with Crippen LogP contribution in [-0.4, -0.2) is 7.11 Å². The van der Waals surface area contributed by atoms with Gasteiger partial charge in [-0.05, 0) is 34.1 Å². The third kappa shape index (κ3) is 2.82. The van der Waals surface area contributed by atoms with Crippen LogP contribution in [0.3, 0.4) is 0 Å². The summed E-state index contributed by atoms with van der Waals surface area (Å²) in [6, 6.07) is 6.56. The standard InChI is InChI=1S/C12H8BrCl2FOS/c1-17-9-5-8(16)7(13)4-6(9)12(15)10-2-3-11(14)18-10/h2-5,12H,1H3. The summed E-state index contributed by atoms with van der Waals surface area (Å²) >= 11 is 16.8. The van der Waals surface area contributed by atoms with Crippen molar-refractivity contribution in [3.8, 4) is 5.75 Å². The molecule has 6 heteroatoms. The maximum absolute atomic E-state index is 13.4. The van der Waals surface area contributed by atoms with Gasteiger partial charge in [-0.3, -0.25) is 0 Å². The lowest BCUT2D eigenvalue weighted by atomic mass is 10.1. The third-order valence-corrected chi connectivity index (χ3v) is 4.89. The van der Waals surface area contributed by atoms with Gasteiger partial charge in [0.1, 0.15) is 11.6 Å². The molecule has 0 bridgehead atoms. The summed E-state index contributed by atoms with van der Waals surface area (Å²) in [6.07, 6.45) is 0. The van der Waals surface area contributed by atoms with Gasteiger partial charge in [-0.25, -0.2) is 4.39 Å². The van der Waals surface area contributed by atoms with Gasteiger partial charge in [-0.1, -0.05) is 11.6 Å². The van der Waals surface area contributed by atoms with E-state index < -0.39 is 5.38 Å². The van der Waals surface area contributed by atoms with E-state index in [1.54, 1.807) is 12.1 Å². The molecule has 1 nitrogen and oxygen atoms in total. The van der Waals surface area contributed by atoms with Crippen molar-refractivity contribution in [1.29, 1.82) is 0 Å². The fourth-order valence-corrected chi connectivity index (χ4v) is 3.33. The van der Waals surface area contributed by atoms with Crippen molar-refractivity contribution in [2.45, 2.75) is 5.38 Å². The van der Waals surface area contributed by atoms with Gasteiger partial charge < -0.3 is 4.74 Å². The fourth-order valence-electron chi connectivity index (χ4n) is 1.54. The van der Waals surface area contributed by atoms with Crippen molar-refractivity contribution in [2.24, 2.45) is 0 Å². The highest BCUT2D eigenvalue weighted by atomic mass is 79.9. The molecule has 1 atom stereocenters. The van der Waals surface area contributed by atoms with E-state index in [1.807, 2.05) is 6.07 Å². The summed E-state index contributed by atoms with van der Waals surface area (Å²) in [5, 5.41) is -0.422. The molecule has 0 aliphatic rings. The molecule has 0 saturated heterocycles. The van der Waals surface area contributed by atoms with Gasteiger partial charge >= 0.3 is 0 Å². The molecular weight excluding hydrogens is 362 g/mol. The number of alkyl halides is 1. The number of hydrogen-bond donors (Lipinski definition) is 0. The van der Waals surface area contributed by atoms with Crippen molar-refractivity contribution < 1.29 is 9.13 Å². The third-order valence-electron chi connectivity index (χ3n) is 2.39. The zero-order valence-electron chi connectivity index (χ0n) is 9.22. The van der Waals surface area contributed by atoms with Crippen molar-refractivity contribution in [3.63, 3.8) is 0 Å². The van der Waals surface area contributed by atoms with Crippen molar-refractivity contribution in [2.75, 3.05) is 7.11 Å². The Balaban J connectivity index is 2.46. The first-order valence-corrected chi connectivity index (χ1v) is 7.37. The first kappa shape index (κ1) is 14.1. The van der Waals surface area contributed by atoms with E-state index in [0.29, 0.717) is 20.1 Å². The van der Waals surface area contributed by atoms with Gasteiger partial charge in [-0.2, -0.15) is 0 Å². The molecular formula is C12H8BrCl2FOS. The van der Waals surface area contributed by atoms with E-state index in [0.717, 1.165) is 4.88 Å². The molecule has 2 rings (SSSR count). The maximum Gasteiger partial charge on any atom is 0.141 e. The van der Waals surface area contributed by atoms with Crippen molar-refractivity contribution in [3.05, 3.63) is 49.3 Å². The summed E-state index contributed by atoms with van der Waals surface area (Å²) in [5.41, 5.74) is 0.700. The smallest absolute Gasteiger partial charge is 0.141 e. The molecule has 0 aliphatic carbocycles. The summed E-state index contributed by atoms with van der Waals surface area (Å²) in [5.74, 6) is 0.0314. The lowest BCUT2D eigenvalue weighted by Gasteiger charge is -2.13. The molecule has 0 radical (unpaired) electrons. The van der Waals surface area contributed by atoms with Crippen LogP contribution in [0.15, 0.2) is 28.7 Å². The Morgan fingerprint density at radius 1 is 1.39 bits per heavy atom. The topological polar surface area (TPSA) is 9.23 Å². The fraction of sp³-hybridized carbons (Fsp3) is 0.167. The number of methoxy groups -OCH3 is 1. The van der Waals surface area contributed by atoms with Crippen LogP contribution < -0.4 is 4.74 Å². The number of thiophene rings is 1.